The molecule has 2 rings (SSSR count). The summed E-state index contributed by atoms with van der Waals surface area (Å²) in [5.74, 6) is -2.53. The van der Waals surface area contributed by atoms with Gasteiger partial charge in [0.15, 0.2) is 0 Å². The Hall–Kier alpha value is -1.82. The van der Waals surface area contributed by atoms with Crippen molar-refractivity contribution in [1.82, 2.24) is 0 Å². The summed E-state index contributed by atoms with van der Waals surface area (Å²) in [5.41, 5.74) is 8.75. The number of unbranched alkanes of at least 4 members (excludes halogenated alkanes) is 5. The third-order valence-electron chi connectivity index (χ3n) is 8.10. The van der Waals surface area contributed by atoms with Gasteiger partial charge in [-0.3, -0.25) is 0 Å². The molecule has 0 aliphatic rings. The fourth-order valence-corrected chi connectivity index (χ4v) is 6.72. The second-order valence-electron chi connectivity index (χ2n) is 12.3. The summed E-state index contributed by atoms with van der Waals surface area (Å²) in [6.07, 6.45) is 11.0. The minimum atomic E-state index is -1.27. The summed E-state index contributed by atoms with van der Waals surface area (Å²) in [6.45, 7) is 13.7. The Morgan fingerprint density at radius 1 is 0.780 bits per heavy atom. The van der Waals surface area contributed by atoms with Crippen molar-refractivity contribution in [3.63, 3.8) is 0 Å². The number of rotatable bonds is 18. The second kappa shape index (κ2) is 17.3. The van der Waals surface area contributed by atoms with E-state index in [4.69, 9.17) is 5.73 Å². The molecule has 2 N–H and O–H groups in total. The maximum atomic E-state index is 12.4. The zero-order chi connectivity index (χ0) is 29.9. The Morgan fingerprint density at radius 2 is 1.34 bits per heavy atom. The van der Waals surface area contributed by atoms with Crippen LogP contribution in [0, 0.1) is 0 Å². The van der Waals surface area contributed by atoms with Crippen molar-refractivity contribution in [2.24, 2.45) is 5.73 Å². The molecule has 41 heavy (non-hydrogen) atoms. The van der Waals surface area contributed by atoms with Gasteiger partial charge >= 0.3 is 16.5 Å². The SMILES string of the molecule is CCCCCC(C)(C)c1ccc(C(=O)[O-])c(Sc2c(C(=O)[O-])ccc(C(C)(C)CCCCC)c2CCCCN)c1.[Ni+2]. The van der Waals surface area contributed by atoms with Crippen LogP contribution in [0.2, 0.25) is 0 Å². The molecule has 0 heterocycles. The van der Waals surface area contributed by atoms with Gasteiger partial charge in [0, 0.05) is 20.9 Å². The van der Waals surface area contributed by atoms with Crippen molar-refractivity contribution in [3.05, 3.63) is 58.1 Å². The van der Waals surface area contributed by atoms with E-state index in [2.05, 4.69) is 41.5 Å². The van der Waals surface area contributed by atoms with Gasteiger partial charge < -0.3 is 25.5 Å². The van der Waals surface area contributed by atoms with E-state index in [9.17, 15) is 19.8 Å². The van der Waals surface area contributed by atoms with Crippen molar-refractivity contribution in [2.45, 2.75) is 133 Å². The van der Waals surface area contributed by atoms with E-state index in [1.807, 2.05) is 18.2 Å². The number of carboxylic acids is 2. The Balaban J connectivity index is 0.00000840. The van der Waals surface area contributed by atoms with Gasteiger partial charge in [0.1, 0.15) is 0 Å². The van der Waals surface area contributed by atoms with Crippen molar-refractivity contribution >= 4 is 23.7 Å². The van der Waals surface area contributed by atoms with E-state index in [1.165, 1.54) is 11.8 Å². The molecule has 0 amide bonds. The van der Waals surface area contributed by atoms with Crippen LogP contribution in [0.3, 0.4) is 0 Å². The zero-order valence-electron chi connectivity index (χ0n) is 25.8. The van der Waals surface area contributed by atoms with E-state index < -0.39 is 11.9 Å². The van der Waals surface area contributed by atoms with E-state index in [-0.39, 0.29) is 38.4 Å². The predicted octanol–water partition coefficient (Wildman–Crippen LogP) is 6.56. The van der Waals surface area contributed by atoms with Gasteiger partial charge in [-0.05, 0) is 72.2 Å². The van der Waals surface area contributed by atoms with Crippen LogP contribution in [0.25, 0.3) is 0 Å². The maximum Gasteiger partial charge on any atom is 2.00 e. The summed E-state index contributed by atoms with van der Waals surface area (Å²) in [4.78, 5) is 25.7. The molecule has 0 saturated carbocycles. The molecule has 0 aromatic heterocycles. The molecule has 0 radical (unpaired) electrons. The number of nitrogens with two attached hydrogens (primary N) is 1. The average molecular weight is 627 g/mol. The third-order valence-corrected chi connectivity index (χ3v) is 9.32. The van der Waals surface area contributed by atoms with Crippen LogP contribution in [0.5, 0.6) is 0 Å². The molecule has 2 aromatic carbocycles. The van der Waals surface area contributed by atoms with Crippen molar-refractivity contribution in [2.75, 3.05) is 6.54 Å². The number of hydrogen-bond donors (Lipinski definition) is 1. The van der Waals surface area contributed by atoms with Gasteiger partial charge in [0.25, 0.3) is 0 Å². The normalized spacial score (nSPS) is 11.8. The van der Waals surface area contributed by atoms with E-state index in [1.54, 1.807) is 12.1 Å². The standard InChI is InChI=1S/C34H51NO4S.Ni/c1-7-9-12-20-33(3,4)24-16-17-26(31(36)37)29(23-24)40-30-25(15-11-14-22-35)28(19-18-27(30)32(38)39)34(5,6)21-13-10-8-2;/h16-19,23H,7-15,20-22,35H2,1-6H3,(H,36,37)(H,38,39);/q;+2/p-2. The first kappa shape index (κ1) is 37.2. The Kier molecular flexibility index (Phi) is 15.7. The fraction of sp³-hybridized carbons (Fsp3) is 0.588. The first-order valence-corrected chi connectivity index (χ1v) is 15.8. The van der Waals surface area contributed by atoms with E-state index >= 15 is 0 Å². The number of carbonyl (C=O) groups excluding carboxylic acids is 2. The fourth-order valence-electron chi connectivity index (χ4n) is 5.45. The molecule has 0 fully saturated rings. The zero-order valence-corrected chi connectivity index (χ0v) is 27.6. The van der Waals surface area contributed by atoms with Crippen LogP contribution >= 0.6 is 11.8 Å². The Bertz CT molecular complexity index is 1150. The first-order chi connectivity index (χ1) is 18.9. The predicted molar refractivity (Wildman–Crippen MR) is 162 cm³/mol. The van der Waals surface area contributed by atoms with Crippen LogP contribution < -0.4 is 15.9 Å². The van der Waals surface area contributed by atoms with Crippen molar-refractivity contribution in [3.8, 4) is 0 Å². The molecule has 7 heteroatoms. The van der Waals surface area contributed by atoms with Gasteiger partial charge in [-0.2, -0.15) is 0 Å². The molecule has 0 saturated heterocycles. The van der Waals surface area contributed by atoms with Crippen LogP contribution in [0.4, 0.5) is 0 Å². The van der Waals surface area contributed by atoms with Gasteiger partial charge in [-0.1, -0.05) is 116 Å². The Morgan fingerprint density at radius 3 is 1.88 bits per heavy atom. The first-order valence-electron chi connectivity index (χ1n) is 15.0. The van der Waals surface area contributed by atoms with Gasteiger partial charge in [0.05, 0.1) is 11.9 Å². The van der Waals surface area contributed by atoms with Crippen LogP contribution in [0.15, 0.2) is 40.1 Å². The second-order valence-corrected chi connectivity index (χ2v) is 13.3. The number of hydrogen-bond acceptors (Lipinski definition) is 6. The molecular weight excluding hydrogens is 577 g/mol. The molecule has 0 spiro atoms. The minimum Gasteiger partial charge on any atom is -0.545 e. The summed E-state index contributed by atoms with van der Waals surface area (Å²) >= 11 is 1.23. The quantitative estimate of drug-likeness (QED) is 0.148. The van der Waals surface area contributed by atoms with Crippen LogP contribution in [0.1, 0.15) is 143 Å². The monoisotopic (exact) mass is 625 g/mol. The number of carbonyl (C=O) groups is 2. The number of benzene rings is 2. The van der Waals surface area contributed by atoms with Crippen molar-refractivity contribution < 1.29 is 36.3 Å². The number of aromatic carboxylic acids is 2. The summed E-state index contributed by atoms with van der Waals surface area (Å²) in [6, 6.07) is 8.98. The topological polar surface area (TPSA) is 106 Å². The minimum absolute atomic E-state index is 0. The molecule has 5 nitrogen and oxygen atoms in total. The average Bonchev–Trinajstić information content (AvgIpc) is 2.89. The van der Waals surface area contributed by atoms with E-state index in [0.717, 1.165) is 80.9 Å². The van der Waals surface area contributed by atoms with Gasteiger partial charge in [-0.25, -0.2) is 0 Å². The molecule has 2 aromatic rings. The third kappa shape index (κ3) is 10.4. The molecule has 0 bridgehead atoms. The molecular formula is C34H49NNiO4S. The van der Waals surface area contributed by atoms with Gasteiger partial charge in [0.2, 0.25) is 0 Å². The summed E-state index contributed by atoms with van der Waals surface area (Å²) in [5, 5.41) is 24.6. The van der Waals surface area contributed by atoms with Crippen LogP contribution in [-0.4, -0.2) is 18.5 Å². The smallest absolute Gasteiger partial charge is 0.545 e. The summed E-state index contributed by atoms with van der Waals surface area (Å²) in [7, 11) is 0. The van der Waals surface area contributed by atoms with E-state index in [0.29, 0.717) is 22.8 Å². The largest absolute Gasteiger partial charge is 2.00 e. The number of carboxylic acid groups (broad SMARTS) is 2. The van der Waals surface area contributed by atoms with Gasteiger partial charge in [-0.15, -0.1) is 0 Å². The molecule has 230 valence electrons. The molecule has 0 unspecified atom stereocenters. The molecule has 0 atom stereocenters. The van der Waals surface area contributed by atoms with Crippen LogP contribution in [-0.2, 0) is 33.7 Å². The molecule has 0 aliphatic carbocycles. The van der Waals surface area contributed by atoms with Crippen molar-refractivity contribution in [1.29, 1.82) is 0 Å². The maximum absolute atomic E-state index is 12.4. The summed E-state index contributed by atoms with van der Waals surface area (Å²) < 4.78 is 0. The Labute approximate surface area is 262 Å². The molecule has 0 aliphatic heterocycles.